The smallest absolute Gasteiger partial charge is 0.317 e. The number of carbonyl (C=O) groups is 2. The number of carboxylic acid groups (broad SMARTS) is 1. The van der Waals surface area contributed by atoms with Gasteiger partial charge >= 0.3 is 12.0 Å². The fourth-order valence-electron chi connectivity index (χ4n) is 2.31. The van der Waals surface area contributed by atoms with E-state index in [-0.39, 0.29) is 24.5 Å². The second-order valence-electron chi connectivity index (χ2n) is 4.95. The maximum atomic E-state index is 12.1. The monoisotopic (exact) mass is 272 g/mol. The van der Waals surface area contributed by atoms with Crippen LogP contribution in [-0.4, -0.2) is 53.8 Å². The fourth-order valence-corrected chi connectivity index (χ4v) is 2.31. The molecule has 0 saturated carbocycles. The normalized spacial score (nSPS) is 20.9. The van der Waals surface area contributed by atoms with Crippen LogP contribution in [0.1, 0.15) is 39.5 Å². The van der Waals surface area contributed by atoms with Crippen LogP contribution in [0.25, 0.3) is 0 Å². The average molecular weight is 272 g/mol. The standard InChI is InChI=1S/C13H24N2O4/c1-3-19-9-10(2)14-13(18)15-7-5-4-6-11(15)8-12(16)17/h10-11H,3-9H2,1-2H3,(H,14,18)(H,16,17). The van der Waals surface area contributed by atoms with Gasteiger partial charge in [0.05, 0.1) is 19.1 Å². The van der Waals surface area contributed by atoms with Crippen molar-refractivity contribution >= 4 is 12.0 Å². The molecule has 110 valence electrons. The lowest BCUT2D eigenvalue weighted by atomic mass is 10.00. The highest BCUT2D eigenvalue weighted by Crippen LogP contribution is 2.19. The van der Waals surface area contributed by atoms with Gasteiger partial charge in [-0.3, -0.25) is 4.79 Å². The van der Waals surface area contributed by atoms with Crippen molar-refractivity contribution in [3.05, 3.63) is 0 Å². The number of rotatable bonds is 6. The van der Waals surface area contributed by atoms with E-state index in [4.69, 9.17) is 9.84 Å². The van der Waals surface area contributed by atoms with Gasteiger partial charge in [-0.1, -0.05) is 0 Å². The first-order chi connectivity index (χ1) is 9.04. The molecule has 1 heterocycles. The Balaban J connectivity index is 2.49. The molecular formula is C13H24N2O4. The summed E-state index contributed by atoms with van der Waals surface area (Å²) in [6.07, 6.45) is 2.70. The molecule has 0 bridgehead atoms. The number of urea groups is 1. The maximum Gasteiger partial charge on any atom is 0.317 e. The zero-order chi connectivity index (χ0) is 14.3. The van der Waals surface area contributed by atoms with Gasteiger partial charge in [0.2, 0.25) is 0 Å². The van der Waals surface area contributed by atoms with E-state index < -0.39 is 5.97 Å². The Morgan fingerprint density at radius 3 is 2.84 bits per heavy atom. The van der Waals surface area contributed by atoms with E-state index in [2.05, 4.69) is 5.32 Å². The predicted octanol–water partition coefficient (Wildman–Crippen LogP) is 1.45. The third kappa shape index (κ3) is 5.46. The molecule has 6 nitrogen and oxygen atoms in total. The summed E-state index contributed by atoms with van der Waals surface area (Å²) in [6.45, 7) is 5.50. The molecule has 0 spiro atoms. The van der Waals surface area contributed by atoms with Crippen molar-refractivity contribution < 1.29 is 19.4 Å². The molecule has 1 saturated heterocycles. The summed E-state index contributed by atoms with van der Waals surface area (Å²) in [7, 11) is 0. The lowest BCUT2D eigenvalue weighted by Gasteiger charge is -2.35. The van der Waals surface area contributed by atoms with E-state index in [0.29, 0.717) is 19.8 Å². The van der Waals surface area contributed by atoms with Crippen LogP contribution in [0.3, 0.4) is 0 Å². The van der Waals surface area contributed by atoms with Crippen LogP contribution in [0.4, 0.5) is 4.79 Å². The van der Waals surface area contributed by atoms with E-state index in [1.165, 1.54) is 0 Å². The van der Waals surface area contributed by atoms with Crippen molar-refractivity contribution in [3.63, 3.8) is 0 Å². The van der Waals surface area contributed by atoms with Crippen LogP contribution in [0, 0.1) is 0 Å². The van der Waals surface area contributed by atoms with Crippen molar-refractivity contribution in [1.82, 2.24) is 10.2 Å². The average Bonchev–Trinajstić information content (AvgIpc) is 2.36. The van der Waals surface area contributed by atoms with E-state index in [0.717, 1.165) is 19.3 Å². The molecule has 1 aliphatic heterocycles. The Hall–Kier alpha value is -1.30. The Morgan fingerprint density at radius 1 is 1.47 bits per heavy atom. The van der Waals surface area contributed by atoms with Gasteiger partial charge in [-0.2, -0.15) is 0 Å². The largest absolute Gasteiger partial charge is 0.481 e. The highest BCUT2D eigenvalue weighted by molar-refractivity contribution is 5.76. The quantitative estimate of drug-likeness (QED) is 0.767. The number of hydrogen-bond acceptors (Lipinski definition) is 3. The van der Waals surface area contributed by atoms with Gasteiger partial charge in [0, 0.05) is 19.2 Å². The molecule has 0 aliphatic carbocycles. The van der Waals surface area contributed by atoms with E-state index in [9.17, 15) is 9.59 Å². The molecule has 2 unspecified atom stereocenters. The minimum absolute atomic E-state index is 0.0211. The van der Waals surface area contributed by atoms with Crippen LogP contribution in [0.2, 0.25) is 0 Å². The summed E-state index contributed by atoms with van der Waals surface area (Å²) >= 11 is 0. The number of nitrogens with one attached hydrogen (secondary N) is 1. The summed E-state index contributed by atoms with van der Waals surface area (Å²) < 4.78 is 5.25. The van der Waals surface area contributed by atoms with Crippen LogP contribution >= 0.6 is 0 Å². The second kappa shape index (κ2) is 7.99. The highest BCUT2D eigenvalue weighted by atomic mass is 16.5. The number of aliphatic carboxylic acids is 1. The van der Waals surface area contributed by atoms with Gasteiger partial charge in [0.25, 0.3) is 0 Å². The minimum Gasteiger partial charge on any atom is -0.481 e. The third-order valence-corrected chi connectivity index (χ3v) is 3.24. The summed E-state index contributed by atoms with van der Waals surface area (Å²) in [5.41, 5.74) is 0. The van der Waals surface area contributed by atoms with Gasteiger partial charge in [-0.25, -0.2) is 4.79 Å². The fraction of sp³-hybridized carbons (Fsp3) is 0.846. The lowest BCUT2D eigenvalue weighted by Crippen LogP contribution is -2.52. The molecular weight excluding hydrogens is 248 g/mol. The highest BCUT2D eigenvalue weighted by Gasteiger charge is 2.28. The third-order valence-electron chi connectivity index (χ3n) is 3.24. The van der Waals surface area contributed by atoms with Crippen molar-refractivity contribution in [2.24, 2.45) is 0 Å². The zero-order valence-electron chi connectivity index (χ0n) is 11.7. The van der Waals surface area contributed by atoms with Crippen molar-refractivity contribution in [1.29, 1.82) is 0 Å². The van der Waals surface area contributed by atoms with Gasteiger partial charge in [-0.05, 0) is 33.1 Å². The first-order valence-electron chi connectivity index (χ1n) is 6.91. The summed E-state index contributed by atoms with van der Waals surface area (Å²) in [6, 6.07) is -0.441. The van der Waals surface area contributed by atoms with Gasteiger partial charge in [0.1, 0.15) is 0 Å². The molecule has 0 aromatic rings. The number of piperidine rings is 1. The number of nitrogens with zero attached hydrogens (tertiary/aromatic N) is 1. The first-order valence-corrected chi connectivity index (χ1v) is 6.91. The van der Waals surface area contributed by atoms with Gasteiger partial charge in [0.15, 0.2) is 0 Å². The number of amides is 2. The zero-order valence-corrected chi connectivity index (χ0v) is 11.7. The van der Waals surface area contributed by atoms with Crippen LogP contribution in [-0.2, 0) is 9.53 Å². The number of likely N-dealkylation sites (tertiary alicyclic amines) is 1. The first kappa shape index (κ1) is 15.8. The van der Waals surface area contributed by atoms with Crippen molar-refractivity contribution in [2.75, 3.05) is 19.8 Å². The molecule has 1 aliphatic rings. The topological polar surface area (TPSA) is 78.9 Å². The van der Waals surface area contributed by atoms with Crippen LogP contribution in [0.5, 0.6) is 0 Å². The minimum atomic E-state index is -0.855. The number of hydrogen-bond donors (Lipinski definition) is 2. The van der Waals surface area contributed by atoms with Gasteiger partial charge < -0.3 is 20.1 Å². The molecule has 6 heteroatoms. The molecule has 0 aromatic heterocycles. The summed E-state index contributed by atoms with van der Waals surface area (Å²) in [5, 5.41) is 11.7. The molecule has 2 N–H and O–H groups in total. The molecule has 0 aromatic carbocycles. The molecule has 19 heavy (non-hydrogen) atoms. The van der Waals surface area contributed by atoms with E-state index >= 15 is 0 Å². The maximum absolute atomic E-state index is 12.1. The summed E-state index contributed by atoms with van der Waals surface area (Å²) in [4.78, 5) is 24.6. The number of carboxylic acids is 1. The SMILES string of the molecule is CCOCC(C)NC(=O)N1CCCCC1CC(=O)O. The molecule has 2 amide bonds. The number of ether oxygens (including phenoxy) is 1. The van der Waals surface area contributed by atoms with Crippen molar-refractivity contribution in [3.8, 4) is 0 Å². The molecule has 1 rings (SSSR count). The Bertz CT molecular complexity index is 309. The molecule has 1 fully saturated rings. The molecule has 2 atom stereocenters. The Morgan fingerprint density at radius 2 is 2.21 bits per heavy atom. The predicted molar refractivity (Wildman–Crippen MR) is 71.1 cm³/mol. The van der Waals surface area contributed by atoms with E-state index in [1.807, 2.05) is 13.8 Å². The summed E-state index contributed by atoms with van der Waals surface area (Å²) in [5.74, 6) is -0.855. The Kier molecular flexibility index (Phi) is 6.62. The van der Waals surface area contributed by atoms with E-state index in [1.54, 1.807) is 4.90 Å². The Labute approximate surface area is 114 Å². The number of carbonyl (C=O) groups excluding carboxylic acids is 1. The second-order valence-corrected chi connectivity index (χ2v) is 4.95. The van der Waals surface area contributed by atoms with Crippen LogP contribution < -0.4 is 5.32 Å². The van der Waals surface area contributed by atoms with Gasteiger partial charge in [-0.15, -0.1) is 0 Å². The lowest BCUT2D eigenvalue weighted by molar-refractivity contribution is -0.138. The van der Waals surface area contributed by atoms with Crippen LogP contribution in [0.15, 0.2) is 0 Å². The van der Waals surface area contributed by atoms with Crippen molar-refractivity contribution in [2.45, 2.75) is 51.6 Å². The molecule has 0 radical (unpaired) electrons.